The molecule has 2 N–H and O–H groups in total. The SMILES string of the molecule is Cc1ccc([N+](=O)[O-])cc1NC(=O)C(=O)NCCc1ccsc1. The van der Waals surface area contributed by atoms with Crippen LogP contribution in [-0.4, -0.2) is 23.3 Å². The minimum atomic E-state index is -0.848. The van der Waals surface area contributed by atoms with E-state index in [2.05, 4.69) is 10.6 Å². The van der Waals surface area contributed by atoms with E-state index < -0.39 is 16.7 Å². The van der Waals surface area contributed by atoms with Crippen molar-refractivity contribution in [1.29, 1.82) is 0 Å². The van der Waals surface area contributed by atoms with Gasteiger partial charge >= 0.3 is 11.8 Å². The van der Waals surface area contributed by atoms with E-state index in [0.29, 0.717) is 18.5 Å². The average molecular weight is 333 g/mol. The van der Waals surface area contributed by atoms with E-state index >= 15 is 0 Å². The highest BCUT2D eigenvalue weighted by molar-refractivity contribution is 7.07. The third-order valence-corrected chi connectivity index (χ3v) is 3.90. The second-order valence-electron chi connectivity index (χ2n) is 4.85. The molecular weight excluding hydrogens is 318 g/mol. The molecule has 0 unspecified atom stereocenters. The zero-order chi connectivity index (χ0) is 16.8. The van der Waals surface area contributed by atoms with Crippen LogP contribution in [0.5, 0.6) is 0 Å². The van der Waals surface area contributed by atoms with E-state index in [4.69, 9.17) is 0 Å². The Bertz CT molecular complexity index is 728. The van der Waals surface area contributed by atoms with Crippen molar-refractivity contribution in [2.45, 2.75) is 13.3 Å². The second kappa shape index (κ2) is 7.50. The van der Waals surface area contributed by atoms with Crippen LogP contribution in [0.25, 0.3) is 0 Å². The highest BCUT2D eigenvalue weighted by atomic mass is 32.1. The summed E-state index contributed by atoms with van der Waals surface area (Å²) in [4.78, 5) is 33.8. The summed E-state index contributed by atoms with van der Waals surface area (Å²) in [5, 5.41) is 19.6. The van der Waals surface area contributed by atoms with Crippen LogP contribution in [0.4, 0.5) is 11.4 Å². The van der Waals surface area contributed by atoms with E-state index in [-0.39, 0.29) is 11.4 Å². The van der Waals surface area contributed by atoms with Gasteiger partial charge in [0.25, 0.3) is 5.69 Å². The van der Waals surface area contributed by atoms with E-state index in [0.717, 1.165) is 5.56 Å². The third-order valence-electron chi connectivity index (χ3n) is 3.17. The molecular formula is C15H15N3O4S. The van der Waals surface area contributed by atoms with Gasteiger partial charge in [0.1, 0.15) is 0 Å². The number of hydrogen-bond acceptors (Lipinski definition) is 5. The zero-order valence-electron chi connectivity index (χ0n) is 12.4. The summed E-state index contributed by atoms with van der Waals surface area (Å²) in [7, 11) is 0. The van der Waals surface area contributed by atoms with Gasteiger partial charge in [-0.3, -0.25) is 19.7 Å². The number of thiophene rings is 1. The number of nitrogens with one attached hydrogen (secondary N) is 2. The molecule has 2 aromatic rings. The number of nitrogens with zero attached hydrogens (tertiary/aromatic N) is 1. The number of aryl methyl sites for hydroxylation is 1. The molecule has 1 heterocycles. The lowest BCUT2D eigenvalue weighted by Gasteiger charge is -2.08. The summed E-state index contributed by atoms with van der Waals surface area (Å²) in [6.07, 6.45) is 0.637. The molecule has 0 saturated carbocycles. The number of rotatable bonds is 5. The molecule has 1 aromatic carbocycles. The van der Waals surface area contributed by atoms with Crippen molar-refractivity contribution < 1.29 is 14.5 Å². The molecule has 0 fully saturated rings. The maximum absolute atomic E-state index is 11.8. The molecule has 7 nitrogen and oxygen atoms in total. The molecule has 0 atom stereocenters. The molecule has 1 aromatic heterocycles. The number of nitro groups is 1. The van der Waals surface area contributed by atoms with Crippen LogP contribution in [0.2, 0.25) is 0 Å². The number of anilines is 1. The number of nitro benzene ring substituents is 1. The Hall–Kier alpha value is -2.74. The van der Waals surface area contributed by atoms with Gasteiger partial charge < -0.3 is 10.6 Å². The molecule has 0 aliphatic rings. The summed E-state index contributed by atoms with van der Waals surface area (Å²) in [5.74, 6) is -1.62. The minimum absolute atomic E-state index is 0.149. The predicted molar refractivity (Wildman–Crippen MR) is 87.5 cm³/mol. The molecule has 0 bridgehead atoms. The van der Waals surface area contributed by atoms with Gasteiger partial charge in [0.2, 0.25) is 0 Å². The fourth-order valence-corrected chi connectivity index (χ4v) is 2.58. The predicted octanol–water partition coefficient (Wildman–Crippen LogP) is 2.26. The van der Waals surface area contributed by atoms with Gasteiger partial charge in [0.15, 0.2) is 0 Å². The maximum atomic E-state index is 11.8. The van der Waals surface area contributed by atoms with Gasteiger partial charge in [-0.2, -0.15) is 11.3 Å². The van der Waals surface area contributed by atoms with Gasteiger partial charge in [-0.05, 0) is 41.3 Å². The molecule has 0 radical (unpaired) electrons. The van der Waals surface area contributed by atoms with Gasteiger partial charge in [-0.1, -0.05) is 6.07 Å². The lowest BCUT2D eigenvalue weighted by atomic mass is 10.2. The first-order chi connectivity index (χ1) is 11.0. The van der Waals surface area contributed by atoms with Crippen molar-refractivity contribution in [3.63, 3.8) is 0 Å². The van der Waals surface area contributed by atoms with Crippen LogP contribution in [-0.2, 0) is 16.0 Å². The first kappa shape index (κ1) is 16.6. The van der Waals surface area contributed by atoms with E-state index in [1.54, 1.807) is 18.3 Å². The van der Waals surface area contributed by atoms with Gasteiger partial charge in [0.05, 0.1) is 10.6 Å². The van der Waals surface area contributed by atoms with Crippen molar-refractivity contribution in [2.75, 3.05) is 11.9 Å². The number of carbonyl (C=O) groups is 2. The largest absolute Gasteiger partial charge is 0.347 e. The molecule has 0 aliphatic heterocycles. The Kier molecular flexibility index (Phi) is 5.42. The molecule has 0 spiro atoms. The highest BCUT2D eigenvalue weighted by Gasteiger charge is 2.16. The molecule has 23 heavy (non-hydrogen) atoms. The summed E-state index contributed by atoms with van der Waals surface area (Å²) < 4.78 is 0. The van der Waals surface area contributed by atoms with Crippen LogP contribution in [0, 0.1) is 17.0 Å². The van der Waals surface area contributed by atoms with Crippen LogP contribution in [0.15, 0.2) is 35.0 Å². The monoisotopic (exact) mass is 333 g/mol. The van der Waals surface area contributed by atoms with Crippen LogP contribution < -0.4 is 10.6 Å². The van der Waals surface area contributed by atoms with Crippen molar-refractivity contribution >= 4 is 34.5 Å². The van der Waals surface area contributed by atoms with E-state index in [9.17, 15) is 19.7 Å². The highest BCUT2D eigenvalue weighted by Crippen LogP contribution is 2.21. The maximum Gasteiger partial charge on any atom is 0.313 e. The summed E-state index contributed by atoms with van der Waals surface area (Å²) >= 11 is 1.56. The topological polar surface area (TPSA) is 101 Å². The number of non-ortho nitro benzene ring substituents is 1. The summed E-state index contributed by atoms with van der Waals surface area (Å²) in [6, 6.07) is 6.03. The second-order valence-corrected chi connectivity index (χ2v) is 5.63. The first-order valence-corrected chi connectivity index (χ1v) is 7.77. The fraction of sp³-hybridized carbons (Fsp3) is 0.200. The zero-order valence-corrected chi connectivity index (χ0v) is 13.2. The Balaban J connectivity index is 1.91. The van der Waals surface area contributed by atoms with E-state index in [1.165, 1.54) is 18.2 Å². The Labute approximate surface area is 136 Å². The van der Waals surface area contributed by atoms with Gasteiger partial charge in [-0.15, -0.1) is 0 Å². The first-order valence-electron chi connectivity index (χ1n) is 6.82. The number of hydrogen-bond donors (Lipinski definition) is 2. The molecule has 2 rings (SSSR count). The quantitative estimate of drug-likeness (QED) is 0.498. The van der Waals surface area contributed by atoms with Crippen molar-refractivity contribution in [3.05, 3.63) is 56.3 Å². The van der Waals surface area contributed by atoms with E-state index in [1.807, 2.05) is 16.8 Å². The number of carbonyl (C=O) groups excluding carboxylic acids is 2. The van der Waals surface area contributed by atoms with Crippen LogP contribution in [0.1, 0.15) is 11.1 Å². The fourth-order valence-electron chi connectivity index (χ4n) is 1.87. The lowest BCUT2D eigenvalue weighted by molar-refractivity contribution is -0.384. The van der Waals surface area contributed by atoms with Crippen molar-refractivity contribution in [1.82, 2.24) is 5.32 Å². The molecule has 8 heteroatoms. The van der Waals surface area contributed by atoms with Crippen LogP contribution >= 0.6 is 11.3 Å². The standard InChI is InChI=1S/C15H15N3O4S/c1-10-2-3-12(18(21)22)8-13(10)17-15(20)14(19)16-6-4-11-5-7-23-9-11/h2-3,5,7-9H,4,6H2,1H3,(H,16,19)(H,17,20). The lowest BCUT2D eigenvalue weighted by Crippen LogP contribution is -2.36. The Morgan fingerprint density at radius 3 is 2.70 bits per heavy atom. The smallest absolute Gasteiger partial charge is 0.313 e. The molecule has 0 aliphatic carbocycles. The Morgan fingerprint density at radius 1 is 1.26 bits per heavy atom. The molecule has 120 valence electrons. The summed E-state index contributed by atoms with van der Waals surface area (Å²) in [5.41, 5.74) is 1.82. The van der Waals surface area contributed by atoms with Crippen LogP contribution in [0.3, 0.4) is 0 Å². The number of benzene rings is 1. The van der Waals surface area contributed by atoms with Gasteiger partial charge in [0, 0.05) is 18.7 Å². The van der Waals surface area contributed by atoms with Gasteiger partial charge in [-0.25, -0.2) is 0 Å². The van der Waals surface area contributed by atoms with Crippen molar-refractivity contribution in [2.24, 2.45) is 0 Å². The molecule has 0 saturated heterocycles. The Morgan fingerprint density at radius 2 is 2.04 bits per heavy atom. The summed E-state index contributed by atoms with van der Waals surface area (Å²) in [6.45, 7) is 2.03. The van der Waals surface area contributed by atoms with Crippen molar-refractivity contribution in [3.8, 4) is 0 Å². The number of amides is 2. The minimum Gasteiger partial charge on any atom is -0.347 e. The average Bonchev–Trinajstić information content (AvgIpc) is 3.02. The normalized spacial score (nSPS) is 10.1. The third kappa shape index (κ3) is 4.62. The molecule has 2 amide bonds.